The van der Waals surface area contributed by atoms with E-state index in [2.05, 4.69) is 38.7 Å². The lowest BCUT2D eigenvalue weighted by Crippen LogP contribution is -2.43. The molecule has 2 aliphatic heterocycles. The molecule has 0 unspecified atom stereocenters. The predicted molar refractivity (Wildman–Crippen MR) is 127 cm³/mol. The number of fused-ring (bicyclic) bond motifs is 1. The molecule has 2 aliphatic rings. The molecule has 2 aromatic carbocycles. The van der Waals surface area contributed by atoms with E-state index in [0.717, 1.165) is 44.9 Å². The van der Waals surface area contributed by atoms with Crippen LogP contribution in [-0.4, -0.2) is 77.6 Å². The van der Waals surface area contributed by atoms with Crippen molar-refractivity contribution in [3.05, 3.63) is 54.1 Å². The summed E-state index contributed by atoms with van der Waals surface area (Å²) in [4.78, 5) is 6.82. The summed E-state index contributed by atoms with van der Waals surface area (Å²) in [6.45, 7) is 6.42. The summed E-state index contributed by atoms with van der Waals surface area (Å²) in [5.41, 5.74) is 1.88. The molecule has 2 heterocycles. The van der Waals surface area contributed by atoms with Crippen molar-refractivity contribution in [2.45, 2.75) is 17.9 Å². The smallest absolute Gasteiger partial charge is 0.287 e. The summed E-state index contributed by atoms with van der Waals surface area (Å²) in [6, 6.07) is 15.1. The number of piperazine rings is 1. The molecular formula is C23H31N5O3S. The molecule has 0 aliphatic carbocycles. The van der Waals surface area contributed by atoms with Gasteiger partial charge in [0, 0.05) is 46.3 Å². The molecule has 8 nitrogen and oxygen atoms in total. The first-order valence-corrected chi connectivity index (χ1v) is 12.4. The Morgan fingerprint density at radius 2 is 1.81 bits per heavy atom. The summed E-state index contributed by atoms with van der Waals surface area (Å²) < 4.78 is 34.7. The standard InChI is InChI=1S/C23H31N5O3S/c1-26-12-14-28(15-13-26)18-19-7-5-8-20(17-19)31-16-6-11-24-23-25-32(29,30)22-10-4-3-9-21(22)27(23)2/h3-5,7-10,17H,6,11-16,18H2,1-2H3,(H,24,25). The highest BCUT2D eigenvalue weighted by Crippen LogP contribution is 2.29. The molecule has 1 saturated heterocycles. The maximum atomic E-state index is 12.4. The van der Waals surface area contributed by atoms with Crippen molar-refractivity contribution in [3.8, 4) is 5.75 Å². The Balaban J connectivity index is 1.24. The van der Waals surface area contributed by atoms with Gasteiger partial charge in [0.2, 0.25) is 5.96 Å². The summed E-state index contributed by atoms with van der Waals surface area (Å²) in [5, 5.41) is 3.13. The Morgan fingerprint density at radius 3 is 2.62 bits per heavy atom. The second-order valence-corrected chi connectivity index (χ2v) is 9.84. The number of ether oxygens (including phenoxy) is 1. The van der Waals surface area contributed by atoms with Gasteiger partial charge in [-0.1, -0.05) is 24.3 Å². The van der Waals surface area contributed by atoms with Gasteiger partial charge in [-0.3, -0.25) is 4.90 Å². The molecule has 4 rings (SSSR count). The van der Waals surface area contributed by atoms with E-state index < -0.39 is 10.0 Å². The fourth-order valence-electron chi connectivity index (χ4n) is 3.90. The van der Waals surface area contributed by atoms with Gasteiger partial charge in [0.05, 0.1) is 12.3 Å². The number of hydrogen-bond acceptors (Lipinski definition) is 7. The maximum absolute atomic E-state index is 12.4. The lowest BCUT2D eigenvalue weighted by molar-refractivity contribution is 0.148. The molecule has 0 amide bonds. The molecule has 2 aromatic rings. The van der Waals surface area contributed by atoms with E-state index in [9.17, 15) is 8.42 Å². The van der Waals surface area contributed by atoms with Gasteiger partial charge in [0.15, 0.2) is 0 Å². The summed E-state index contributed by atoms with van der Waals surface area (Å²) >= 11 is 0. The average molecular weight is 458 g/mol. The van der Waals surface area contributed by atoms with Crippen molar-refractivity contribution < 1.29 is 13.2 Å². The van der Waals surface area contributed by atoms with Crippen molar-refractivity contribution in [1.29, 1.82) is 0 Å². The molecule has 1 N–H and O–H groups in total. The van der Waals surface area contributed by atoms with Crippen LogP contribution < -0.4 is 15.0 Å². The molecule has 0 radical (unpaired) electrons. The first-order valence-electron chi connectivity index (χ1n) is 11.0. The van der Waals surface area contributed by atoms with Crippen LogP contribution in [0, 0.1) is 0 Å². The third kappa shape index (κ3) is 5.40. The predicted octanol–water partition coefficient (Wildman–Crippen LogP) is 1.99. The van der Waals surface area contributed by atoms with Crippen molar-refractivity contribution >= 4 is 21.7 Å². The monoisotopic (exact) mass is 457 g/mol. The van der Waals surface area contributed by atoms with Gasteiger partial charge in [-0.25, -0.2) is 0 Å². The Bertz CT molecular complexity index is 1060. The Labute approximate surface area is 190 Å². The lowest BCUT2D eigenvalue weighted by atomic mass is 10.2. The van der Waals surface area contributed by atoms with Crippen LogP contribution in [-0.2, 0) is 16.6 Å². The summed E-state index contributed by atoms with van der Waals surface area (Å²) in [6.07, 6.45) is 0.719. The van der Waals surface area contributed by atoms with E-state index in [1.54, 1.807) is 23.1 Å². The van der Waals surface area contributed by atoms with E-state index in [0.29, 0.717) is 24.8 Å². The largest absolute Gasteiger partial charge is 0.494 e. The van der Waals surface area contributed by atoms with Crippen LogP contribution in [0.1, 0.15) is 12.0 Å². The van der Waals surface area contributed by atoms with Gasteiger partial charge in [0.25, 0.3) is 10.0 Å². The highest BCUT2D eigenvalue weighted by atomic mass is 32.2. The minimum Gasteiger partial charge on any atom is -0.494 e. The molecule has 1 fully saturated rings. The molecule has 172 valence electrons. The molecular weight excluding hydrogens is 426 g/mol. The van der Waals surface area contributed by atoms with Crippen LogP contribution in [0.15, 0.2) is 57.8 Å². The number of guanidine groups is 1. The lowest BCUT2D eigenvalue weighted by Gasteiger charge is -2.32. The second-order valence-electron chi connectivity index (χ2n) is 8.27. The number of hydrogen-bond donors (Lipinski definition) is 1. The van der Waals surface area contributed by atoms with Crippen molar-refractivity contribution in [3.63, 3.8) is 0 Å². The fraction of sp³-hybridized carbons (Fsp3) is 0.435. The number of benzene rings is 2. The zero-order chi connectivity index (χ0) is 22.6. The topological polar surface area (TPSA) is 77.5 Å². The number of nitrogens with one attached hydrogen (secondary N) is 1. The molecule has 32 heavy (non-hydrogen) atoms. The SMILES string of the molecule is CN1CCN(Cc2cccc(OCCCNC3=NS(=O)(=O)c4ccccc4N3C)c2)CC1. The van der Waals surface area contributed by atoms with E-state index in [-0.39, 0.29) is 4.90 Å². The first kappa shape index (κ1) is 22.6. The number of sulfonamides is 1. The number of para-hydroxylation sites is 1. The number of anilines is 1. The minimum atomic E-state index is -3.68. The molecule has 9 heteroatoms. The van der Waals surface area contributed by atoms with Crippen LogP contribution in [0.2, 0.25) is 0 Å². The quantitative estimate of drug-likeness (QED) is 0.637. The van der Waals surface area contributed by atoms with Crippen molar-refractivity contribution in [1.82, 2.24) is 15.1 Å². The minimum absolute atomic E-state index is 0.229. The molecule has 0 aromatic heterocycles. The molecule has 0 bridgehead atoms. The molecule has 0 saturated carbocycles. The maximum Gasteiger partial charge on any atom is 0.287 e. The van der Waals surface area contributed by atoms with Gasteiger partial charge in [-0.15, -0.1) is 4.40 Å². The summed E-state index contributed by atoms with van der Waals surface area (Å²) in [5.74, 6) is 1.19. The highest BCUT2D eigenvalue weighted by Gasteiger charge is 2.28. The normalized spacial score (nSPS) is 18.7. The van der Waals surface area contributed by atoms with Gasteiger partial charge < -0.3 is 19.9 Å². The third-order valence-corrected chi connectivity index (χ3v) is 7.12. The Morgan fingerprint density at radius 1 is 1.03 bits per heavy atom. The average Bonchev–Trinajstić information content (AvgIpc) is 2.79. The van der Waals surface area contributed by atoms with Gasteiger partial charge >= 0.3 is 0 Å². The number of likely N-dealkylation sites (N-methyl/N-ethyl adjacent to an activating group) is 1. The summed E-state index contributed by atoms with van der Waals surface area (Å²) in [7, 11) is 0.287. The van der Waals surface area contributed by atoms with Crippen LogP contribution >= 0.6 is 0 Å². The Kier molecular flexibility index (Phi) is 6.98. The molecule has 0 atom stereocenters. The molecule has 0 spiro atoms. The number of rotatable bonds is 7. The van der Waals surface area contributed by atoms with Gasteiger partial charge in [-0.2, -0.15) is 8.42 Å². The fourth-order valence-corrected chi connectivity index (χ4v) is 5.13. The van der Waals surface area contributed by atoms with E-state index >= 15 is 0 Å². The van der Waals surface area contributed by atoms with Crippen LogP contribution in [0.25, 0.3) is 0 Å². The van der Waals surface area contributed by atoms with E-state index in [4.69, 9.17) is 4.74 Å². The van der Waals surface area contributed by atoms with Crippen molar-refractivity contribution in [2.24, 2.45) is 4.40 Å². The zero-order valence-corrected chi connectivity index (χ0v) is 19.5. The Hall–Kier alpha value is -2.62. The van der Waals surface area contributed by atoms with Gasteiger partial charge in [-0.05, 0) is 43.3 Å². The van der Waals surface area contributed by atoms with Crippen LogP contribution in [0.4, 0.5) is 5.69 Å². The van der Waals surface area contributed by atoms with Crippen LogP contribution in [0.5, 0.6) is 5.75 Å². The number of nitrogens with zero attached hydrogens (tertiary/aromatic N) is 4. The van der Waals surface area contributed by atoms with E-state index in [1.807, 2.05) is 25.2 Å². The van der Waals surface area contributed by atoms with Crippen LogP contribution in [0.3, 0.4) is 0 Å². The van der Waals surface area contributed by atoms with E-state index in [1.165, 1.54) is 5.56 Å². The second kappa shape index (κ2) is 9.89. The van der Waals surface area contributed by atoms with Crippen molar-refractivity contribution in [2.75, 3.05) is 58.3 Å². The first-order chi connectivity index (χ1) is 15.4. The zero-order valence-electron chi connectivity index (χ0n) is 18.7. The third-order valence-electron chi connectivity index (χ3n) is 5.80. The highest BCUT2D eigenvalue weighted by molar-refractivity contribution is 7.90. The van der Waals surface area contributed by atoms with Gasteiger partial charge in [0.1, 0.15) is 10.6 Å².